The highest BCUT2D eigenvalue weighted by Gasteiger charge is 2.25. The molecule has 1 aliphatic rings. The fraction of sp³-hybridized carbons (Fsp3) is 0.478. The molecule has 0 aliphatic heterocycles. The van der Waals surface area contributed by atoms with Crippen molar-refractivity contribution in [3.63, 3.8) is 0 Å². The highest BCUT2D eigenvalue weighted by molar-refractivity contribution is 7.99. The Morgan fingerprint density at radius 3 is 2.55 bits per heavy atom. The molecule has 2 heterocycles. The van der Waals surface area contributed by atoms with Crippen molar-refractivity contribution < 1.29 is 14.3 Å². The van der Waals surface area contributed by atoms with Crippen molar-refractivity contribution in [2.24, 2.45) is 7.05 Å². The Balaban J connectivity index is 1.58. The third-order valence-electron chi connectivity index (χ3n) is 5.85. The van der Waals surface area contributed by atoms with E-state index < -0.39 is 0 Å². The molecule has 0 unspecified atom stereocenters. The number of hydrogen-bond acceptors (Lipinski definition) is 7. The molecule has 1 aliphatic carbocycles. The van der Waals surface area contributed by atoms with Gasteiger partial charge in [0.15, 0.2) is 22.5 Å². The van der Waals surface area contributed by atoms with Crippen molar-refractivity contribution in [1.82, 2.24) is 24.5 Å². The van der Waals surface area contributed by atoms with Crippen LogP contribution in [0, 0.1) is 6.92 Å². The fourth-order valence-corrected chi connectivity index (χ4v) is 5.06. The molecule has 1 fully saturated rings. The standard InChI is InChI=1S/C23H30N6O3S/c1-15-12-20(28(2)27-15)24-21(30)14-33-23-26-25-22(29(23)17-8-6-5-7-9-17)16-10-11-18(31-3)19(13-16)32-4/h10-13,17H,5-9,14H2,1-4H3,(H,24,30). The van der Waals surface area contributed by atoms with Crippen LogP contribution in [-0.2, 0) is 11.8 Å². The highest BCUT2D eigenvalue weighted by Crippen LogP contribution is 2.38. The molecule has 4 rings (SSSR count). The zero-order valence-corrected chi connectivity index (χ0v) is 20.3. The zero-order valence-electron chi connectivity index (χ0n) is 19.5. The van der Waals surface area contributed by atoms with Crippen molar-refractivity contribution in [3.8, 4) is 22.9 Å². The Kier molecular flexibility index (Phi) is 7.22. The molecule has 0 atom stereocenters. The van der Waals surface area contributed by atoms with E-state index in [2.05, 4.69) is 25.2 Å². The van der Waals surface area contributed by atoms with Gasteiger partial charge in [-0.2, -0.15) is 5.10 Å². The average molecular weight is 471 g/mol. The van der Waals surface area contributed by atoms with Gasteiger partial charge in [-0.25, -0.2) is 0 Å². The summed E-state index contributed by atoms with van der Waals surface area (Å²) in [6.45, 7) is 1.90. The van der Waals surface area contributed by atoms with Gasteiger partial charge in [-0.3, -0.25) is 14.0 Å². The molecular formula is C23H30N6O3S. The first-order chi connectivity index (χ1) is 16.0. The Bertz CT molecular complexity index is 1120. The Labute approximate surface area is 197 Å². The molecule has 1 saturated carbocycles. The second-order valence-corrected chi connectivity index (χ2v) is 9.11. The van der Waals surface area contributed by atoms with E-state index in [1.54, 1.807) is 18.9 Å². The van der Waals surface area contributed by atoms with Gasteiger partial charge >= 0.3 is 0 Å². The van der Waals surface area contributed by atoms with E-state index in [9.17, 15) is 4.79 Å². The lowest BCUT2D eigenvalue weighted by molar-refractivity contribution is -0.113. The number of anilines is 1. The van der Waals surface area contributed by atoms with Crippen LogP contribution in [0.15, 0.2) is 29.4 Å². The van der Waals surface area contributed by atoms with E-state index in [1.807, 2.05) is 38.2 Å². The predicted molar refractivity (Wildman–Crippen MR) is 128 cm³/mol. The summed E-state index contributed by atoms with van der Waals surface area (Å²) in [5.41, 5.74) is 1.77. The van der Waals surface area contributed by atoms with Gasteiger partial charge in [0.05, 0.1) is 25.7 Å². The monoisotopic (exact) mass is 470 g/mol. The minimum absolute atomic E-state index is 0.103. The first kappa shape index (κ1) is 23.2. The van der Waals surface area contributed by atoms with Crippen molar-refractivity contribution in [2.75, 3.05) is 25.3 Å². The molecule has 2 aromatic heterocycles. The van der Waals surface area contributed by atoms with E-state index in [0.29, 0.717) is 23.4 Å². The van der Waals surface area contributed by atoms with E-state index in [-0.39, 0.29) is 11.7 Å². The number of nitrogens with zero attached hydrogens (tertiary/aromatic N) is 5. The number of carbonyl (C=O) groups excluding carboxylic acids is 1. The summed E-state index contributed by atoms with van der Waals surface area (Å²) in [7, 11) is 5.05. The van der Waals surface area contributed by atoms with E-state index in [4.69, 9.17) is 9.47 Å². The number of ether oxygens (including phenoxy) is 2. The zero-order chi connectivity index (χ0) is 23.4. The SMILES string of the molecule is COc1ccc(-c2nnc(SCC(=O)Nc3cc(C)nn3C)n2C2CCCCC2)cc1OC. The van der Waals surface area contributed by atoms with Crippen molar-refractivity contribution >= 4 is 23.5 Å². The number of amides is 1. The third kappa shape index (κ3) is 5.16. The summed E-state index contributed by atoms with van der Waals surface area (Å²) in [6.07, 6.45) is 5.76. The summed E-state index contributed by atoms with van der Waals surface area (Å²) in [5, 5.41) is 16.9. The number of rotatable bonds is 8. The lowest BCUT2D eigenvalue weighted by Crippen LogP contribution is -2.18. The average Bonchev–Trinajstić information content (AvgIpc) is 3.39. The third-order valence-corrected chi connectivity index (χ3v) is 6.79. The van der Waals surface area contributed by atoms with Crippen LogP contribution < -0.4 is 14.8 Å². The maximum Gasteiger partial charge on any atom is 0.235 e. The van der Waals surface area contributed by atoms with E-state index in [0.717, 1.165) is 35.1 Å². The Morgan fingerprint density at radius 1 is 1.12 bits per heavy atom. The van der Waals surface area contributed by atoms with E-state index >= 15 is 0 Å². The molecule has 3 aromatic rings. The summed E-state index contributed by atoms with van der Waals surface area (Å²) in [4.78, 5) is 12.6. The molecule has 0 saturated heterocycles. The molecule has 1 N–H and O–H groups in total. The van der Waals surface area contributed by atoms with Gasteiger partial charge in [-0.15, -0.1) is 10.2 Å². The van der Waals surface area contributed by atoms with Crippen LogP contribution >= 0.6 is 11.8 Å². The fourth-order valence-electron chi connectivity index (χ4n) is 4.25. The van der Waals surface area contributed by atoms with Crippen molar-refractivity contribution in [3.05, 3.63) is 30.0 Å². The van der Waals surface area contributed by atoms with Gasteiger partial charge in [0.2, 0.25) is 5.91 Å². The smallest absolute Gasteiger partial charge is 0.235 e. The topological polar surface area (TPSA) is 96.1 Å². The number of hydrogen-bond donors (Lipinski definition) is 1. The van der Waals surface area contributed by atoms with Gasteiger partial charge < -0.3 is 14.8 Å². The van der Waals surface area contributed by atoms with E-state index in [1.165, 1.54) is 31.0 Å². The van der Waals surface area contributed by atoms with Gasteiger partial charge in [-0.1, -0.05) is 31.0 Å². The molecule has 10 heteroatoms. The Morgan fingerprint density at radius 2 is 1.88 bits per heavy atom. The maximum atomic E-state index is 12.6. The van der Waals surface area contributed by atoms with Crippen LogP contribution in [-0.4, -0.2) is 50.4 Å². The van der Waals surface area contributed by atoms with Crippen LogP contribution in [0.2, 0.25) is 0 Å². The van der Waals surface area contributed by atoms with Crippen LogP contribution in [0.3, 0.4) is 0 Å². The quantitative estimate of drug-likeness (QED) is 0.492. The molecule has 0 spiro atoms. The number of carbonyl (C=O) groups is 1. The van der Waals surface area contributed by atoms with Crippen molar-refractivity contribution in [2.45, 2.75) is 50.2 Å². The van der Waals surface area contributed by atoms with Crippen LogP contribution in [0.4, 0.5) is 5.82 Å². The highest BCUT2D eigenvalue weighted by atomic mass is 32.2. The van der Waals surface area contributed by atoms with Gasteiger partial charge in [0, 0.05) is 24.7 Å². The summed E-state index contributed by atoms with van der Waals surface area (Å²) in [5.74, 6) is 2.91. The van der Waals surface area contributed by atoms with Gasteiger partial charge in [-0.05, 0) is 38.0 Å². The molecule has 1 amide bonds. The second kappa shape index (κ2) is 10.3. The van der Waals surface area contributed by atoms with Crippen LogP contribution in [0.5, 0.6) is 11.5 Å². The molecule has 176 valence electrons. The normalized spacial score (nSPS) is 14.3. The number of benzene rings is 1. The van der Waals surface area contributed by atoms with Crippen LogP contribution in [0.25, 0.3) is 11.4 Å². The molecule has 33 heavy (non-hydrogen) atoms. The number of thioether (sulfide) groups is 1. The molecule has 1 aromatic carbocycles. The molecule has 0 bridgehead atoms. The lowest BCUT2D eigenvalue weighted by atomic mass is 9.95. The van der Waals surface area contributed by atoms with Gasteiger partial charge in [0.25, 0.3) is 0 Å². The number of aryl methyl sites for hydroxylation is 2. The number of methoxy groups -OCH3 is 2. The lowest BCUT2D eigenvalue weighted by Gasteiger charge is -2.25. The Hall–Kier alpha value is -3.01. The van der Waals surface area contributed by atoms with Crippen molar-refractivity contribution in [1.29, 1.82) is 0 Å². The molecule has 0 radical (unpaired) electrons. The largest absolute Gasteiger partial charge is 0.493 e. The predicted octanol–water partition coefficient (Wildman–Crippen LogP) is 4.24. The molecular weight excluding hydrogens is 440 g/mol. The summed E-state index contributed by atoms with van der Waals surface area (Å²) in [6, 6.07) is 7.93. The minimum atomic E-state index is -0.103. The second-order valence-electron chi connectivity index (χ2n) is 8.17. The summed E-state index contributed by atoms with van der Waals surface area (Å²) >= 11 is 1.41. The number of nitrogens with one attached hydrogen (secondary N) is 1. The molecule has 9 nitrogen and oxygen atoms in total. The summed E-state index contributed by atoms with van der Waals surface area (Å²) < 4.78 is 14.7. The van der Waals surface area contributed by atoms with Gasteiger partial charge in [0.1, 0.15) is 5.82 Å². The van der Waals surface area contributed by atoms with Crippen LogP contribution in [0.1, 0.15) is 43.8 Å². The number of aromatic nitrogens is 5. The minimum Gasteiger partial charge on any atom is -0.493 e. The first-order valence-electron chi connectivity index (χ1n) is 11.1. The maximum absolute atomic E-state index is 12.6. The first-order valence-corrected chi connectivity index (χ1v) is 12.1.